The largest absolute Gasteiger partial charge is 0.497 e. The quantitative estimate of drug-likeness (QED) is 0.0578. The molecular weight excluding hydrogens is 1230 g/mol. The molecule has 0 saturated carbocycles. The Morgan fingerprint density at radius 2 is 0.756 bits per heavy atom. The van der Waals surface area contributed by atoms with Crippen molar-refractivity contribution in [3.63, 3.8) is 0 Å². The van der Waals surface area contributed by atoms with Gasteiger partial charge in [-0.05, 0) is 146 Å². The lowest BCUT2D eigenvalue weighted by Crippen LogP contribution is -2.28. The number of hydrogen-bond acceptors (Lipinski definition) is 11. The Balaban J connectivity index is 0.000000172. The Morgan fingerprint density at radius 1 is 0.329 bits per heavy atom. The highest BCUT2D eigenvalue weighted by Gasteiger charge is 2.57. The van der Waals surface area contributed by atoms with Crippen molar-refractivity contribution in [3.8, 4) is 28.7 Å². The number of hydrogen-bond donors (Lipinski definition) is 6. The number of methoxy groups -OCH3 is 5. The van der Waals surface area contributed by atoms with Crippen LogP contribution in [0.3, 0.4) is 0 Å². The molecule has 14 heteroatoms. The summed E-state index contributed by atoms with van der Waals surface area (Å²) < 4.78 is 31.9. The Labute approximate surface area is 503 Å². The molecule has 0 saturated heterocycles. The van der Waals surface area contributed by atoms with E-state index in [0.717, 1.165) is 125 Å². The summed E-state index contributed by atoms with van der Waals surface area (Å²) in [5.74, 6) is 3.18. The number of halogens is 3. The number of benzene rings is 8. The third kappa shape index (κ3) is 9.46. The van der Waals surface area contributed by atoms with Gasteiger partial charge in [0.1, 0.15) is 28.7 Å². The van der Waals surface area contributed by atoms with E-state index in [-0.39, 0.29) is 87.0 Å². The zero-order valence-corrected chi connectivity index (χ0v) is 51.1. The van der Waals surface area contributed by atoms with Gasteiger partial charge >= 0.3 is 0 Å². The first kappa shape index (κ1) is 57.8. The van der Waals surface area contributed by atoms with Gasteiger partial charge < -0.3 is 54.3 Å². The molecule has 82 heavy (non-hydrogen) atoms. The number of aliphatic hydroxyl groups is 6. The van der Waals surface area contributed by atoms with Crippen LogP contribution in [-0.2, 0) is 39.6 Å². The molecule has 424 valence electrons. The summed E-state index contributed by atoms with van der Waals surface area (Å²) in [4.78, 5) is 0. The second kappa shape index (κ2) is 23.9. The van der Waals surface area contributed by atoms with Crippen LogP contribution in [0, 0.1) is 6.92 Å². The van der Waals surface area contributed by atoms with Crippen LogP contribution in [0.25, 0.3) is 0 Å². The fraction of sp³-hybridized carbons (Fsp3) is 0.294. The molecular formula is C68H65Br3O11. The first-order chi connectivity index (χ1) is 39.9. The molecule has 11 nitrogen and oxygen atoms in total. The van der Waals surface area contributed by atoms with E-state index >= 15 is 0 Å². The molecule has 6 N–H and O–H groups in total. The Bertz CT molecular complexity index is 3680. The van der Waals surface area contributed by atoms with E-state index < -0.39 is 0 Å². The number of aliphatic hydroxyl groups excluding tert-OH is 6. The minimum absolute atomic E-state index is 0.0173. The number of ether oxygens (including phenoxy) is 5. The number of rotatable bonds is 15. The molecule has 4 bridgehead atoms. The van der Waals surface area contributed by atoms with Gasteiger partial charge in [0, 0.05) is 75.1 Å². The lowest BCUT2D eigenvalue weighted by atomic mass is 9.62. The molecule has 8 aromatic carbocycles. The molecule has 4 aliphatic carbocycles. The monoisotopic (exact) mass is 1290 g/mol. The topological polar surface area (TPSA) is 168 Å². The molecule has 0 heterocycles. The Hall–Kier alpha value is -6.04. The second-order valence-electron chi connectivity index (χ2n) is 21.6. The van der Waals surface area contributed by atoms with Crippen LogP contribution in [0.15, 0.2) is 141 Å². The zero-order chi connectivity index (χ0) is 57.8. The van der Waals surface area contributed by atoms with Crippen LogP contribution in [0.5, 0.6) is 28.7 Å². The Kier molecular flexibility index (Phi) is 16.8. The Morgan fingerprint density at radius 3 is 1.21 bits per heavy atom. The molecule has 12 rings (SSSR count). The average Bonchev–Trinajstić information content (AvgIpc) is 1.58. The van der Waals surface area contributed by atoms with Crippen molar-refractivity contribution in [3.05, 3.63) is 247 Å². The van der Waals surface area contributed by atoms with Gasteiger partial charge in [-0.3, -0.25) is 0 Å². The summed E-state index contributed by atoms with van der Waals surface area (Å²) in [6, 6.07) is 43.0. The van der Waals surface area contributed by atoms with E-state index in [1.54, 1.807) is 35.5 Å². The van der Waals surface area contributed by atoms with Gasteiger partial charge in [0.05, 0.1) is 84.1 Å². The first-order valence-corrected chi connectivity index (χ1v) is 29.7. The minimum Gasteiger partial charge on any atom is -0.497 e. The second-order valence-corrected chi connectivity index (χ2v) is 23.9. The van der Waals surface area contributed by atoms with Crippen molar-refractivity contribution >= 4 is 47.8 Å². The summed E-state index contributed by atoms with van der Waals surface area (Å²) in [6.45, 7) is 1.44. The van der Waals surface area contributed by atoms with Crippen molar-refractivity contribution in [1.29, 1.82) is 0 Å². The maximum atomic E-state index is 10.7. The van der Waals surface area contributed by atoms with Gasteiger partial charge in [0.15, 0.2) is 0 Å². The van der Waals surface area contributed by atoms with Gasteiger partial charge in [-0.1, -0.05) is 119 Å². The predicted octanol–water partition coefficient (Wildman–Crippen LogP) is 13.3. The van der Waals surface area contributed by atoms with Crippen molar-refractivity contribution in [1.82, 2.24) is 0 Å². The maximum absolute atomic E-state index is 10.7. The maximum Gasteiger partial charge on any atom is 0.137 e. The fourth-order valence-electron chi connectivity index (χ4n) is 14.3. The van der Waals surface area contributed by atoms with E-state index in [4.69, 9.17) is 23.7 Å². The highest BCUT2D eigenvalue weighted by atomic mass is 79.9. The van der Waals surface area contributed by atoms with Gasteiger partial charge in [-0.25, -0.2) is 0 Å². The predicted molar refractivity (Wildman–Crippen MR) is 326 cm³/mol. The van der Waals surface area contributed by atoms with Gasteiger partial charge in [0.2, 0.25) is 0 Å². The summed E-state index contributed by atoms with van der Waals surface area (Å²) in [6.07, 6.45) is 0. The smallest absolute Gasteiger partial charge is 0.137 e. The van der Waals surface area contributed by atoms with Crippen molar-refractivity contribution in [2.45, 2.75) is 93.9 Å². The normalized spacial score (nSPS) is 20.4. The molecule has 0 fully saturated rings. The molecule has 2 unspecified atom stereocenters. The molecule has 0 aromatic heterocycles. The van der Waals surface area contributed by atoms with E-state index in [1.807, 2.05) is 60.7 Å². The summed E-state index contributed by atoms with van der Waals surface area (Å²) in [7, 11) is 8.36. The highest BCUT2D eigenvalue weighted by molar-refractivity contribution is 9.11. The molecule has 0 radical (unpaired) electrons. The van der Waals surface area contributed by atoms with Gasteiger partial charge in [0.25, 0.3) is 0 Å². The number of fused-ring (bicyclic) bond motifs is 14. The van der Waals surface area contributed by atoms with Crippen molar-refractivity contribution in [2.75, 3.05) is 35.5 Å². The van der Waals surface area contributed by atoms with E-state index in [9.17, 15) is 30.6 Å². The van der Waals surface area contributed by atoms with Crippen LogP contribution in [0.2, 0.25) is 0 Å². The van der Waals surface area contributed by atoms with Crippen molar-refractivity contribution < 1.29 is 54.3 Å². The fourth-order valence-corrected chi connectivity index (χ4v) is 16.6. The zero-order valence-electron chi connectivity index (χ0n) is 46.3. The molecule has 4 aliphatic rings. The van der Waals surface area contributed by atoms with Gasteiger partial charge in [-0.2, -0.15) is 0 Å². The standard InChI is InChI=1S/C34H32Br2O5.C34H33BrO6/c1-17-4-8-19(9-5-17)26-29-25(20-10-6-18(14-37)7-11-20)27-21(15-38)12-22(16-39)33(35)31(27)30(26)28-23(40-2)13-24(41-3)34(36)32(28)29;1-39-23-10-8-21(9-11-23)29-30-24-13-19(16-37)12-22(17-38)27(24)28(20-6-4-18(15-36)5-7-20)32(29)33-31(30)25(40-2)14-26(41-3)34(33)35/h4-13,25-26,29-30,37-39H,14-16H2,1-3H3;4-14,28-30,32,36-38H,15-17H2,1-3H3/t25-,26-,29-,30?;28-,29+,30?,32-/m00/s1. The van der Waals surface area contributed by atoms with E-state index in [1.165, 1.54) is 11.1 Å². The first-order valence-electron chi connectivity index (χ1n) is 27.3. The van der Waals surface area contributed by atoms with Crippen LogP contribution >= 0.6 is 47.8 Å². The third-order valence-corrected chi connectivity index (χ3v) is 20.3. The lowest BCUT2D eigenvalue weighted by Gasteiger charge is -2.41. The summed E-state index contributed by atoms with van der Waals surface area (Å²) >= 11 is 11.8. The van der Waals surface area contributed by atoms with Crippen LogP contribution in [-0.4, -0.2) is 66.2 Å². The minimum atomic E-state index is -0.154. The van der Waals surface area contributed by atoms with E-state index in [0.29, 0.717) is 11.5 Å². The van der Waals surface area contributed by atoms with E-state index in [2.05, 4.69) is 121 Å². The van der Waals surface area contributed by atoms with Crippen LogP contribution < -0.4 is 23.7 Å². The number of aryl methyl sites for hydroxylation is 1. The molecule has 8 atom stereocenters. The third-order valence-electron chi connectivity index (χ3n) is 17.7. The molecule has 8 aromatic rings. The average molecular weight is 1300 g/mol. The van der Waals surface area contributed by atoms with Gasteiger partial charge in [-0.15, -0.1) is 0 Å². The van der Waals surface area contributed by atoms with Crippen molar-refractivity contribution in [2.24, 2.45) is 0 Å². The summed E-state index contributed by atoms with van der Waals surface area (Å²) in [5, 5.41) is 61.6. The van der Waals surface area contributed by atoms with Crippen LogP contribution in [0.4, 0.5) is 0 Å². The highest BCUT2D eigenvalue weighted by Crippen LogP contribution is 2.72. The molecule has 0 spiro atoms. The lowest BCUT2D eigenvalue weighted by molar-refractivity contribution is 0.271. The van der Waals surface area contributed by atoms with Crippen LogP contribution in [0.1, 0.15) is 153 Å². The summed E-state index contributed by atoms with van der Waals surface area (Å²) in [5.41, 5.74) is 19.2. The SMILES string of the molecule is COc1cc(OC)c2c(c1Br)[C@H]1[C@@H](c3ccc(CO)cc3)c3c(CO)cc(CO)c(Br)c3C2[C@H]1c1ccc(C)cc1.COc1ccc([C@@H]2C3c4cc(CO)cc(CO)c4[C@H](c4ccc(CO)cc4)[C@@H]2c2c(Br)c(OC)cc(OC)c23)cc1. The molecule has 0 amide bonds. The molecule has 0 aliphatic heterocycles.